The van der Waals surface area contributed by atoms with Crippen LogP contribution in [0.25, 0.3) is 0 Å². The van der Waals surface area contributed by atoms with E-state index in [1.807, 2.05) is 6.07 Å². The summed E-state index contributed by atoms with van der Waals surface area (Å²) in [4.78, 5) is 0. The smallest absolute Gasteiger partial charge is 0.165 e. The third-order valence-corrected chi connectivity index (χ3v) is 2.37. The highest BCUT2D eigenvalue weighted by molar-refractivity contribution is 5.44. The lowest BCUT2D eigenvalue weighted by Crippen LogP contribution is -2.03. The molecule has 1 aromatic carbocycles. The van der Waals surface area contributed by atoms with Crippen molar-refractivity contribution in [3.8, 4) is 17.6 Å². The molecule has 0 bridgehead atoms. The van der Waals surface area contributed by atoms with Gasteiger partial charge in [0.25, 0.3) is 0 Å². The van der Waals surface area contributed by atoms with E-state index in [0.29, 0.717) is 30.2 Å². The standard InChI is InChI=1S/C13H13N3O2/c1-17-7-6-16-10-12(9-15-16)18-13-5-3-2-4-11(13)8-14/h2-5,9-10H,6-7H2,1H3. The molecule has 0 aliphatic heterocycles. The first kappa shape index (κ1) is 12.1. The molecular formula is C13H13N3O2. The summed E-state index contributed by atoms with van der Waals surface area (Å²) in [5.74, 6) is 1.14. The van der Waals surface area contributed by atoms with Crippen LogP contribution in [0.15, 0.2) is 36.7 Å². The van der Waals surface area contributed by atoms with Crippen molar-refractivity contribution in [2.24, 2.45) is 0 Å². The quantitative estimate of drug-likeness (QED) is 0.807. The lowest BCUT2D eigenvalue weighted by molar-refractivity contribution is 0.183. The first-order valence-corrected chi connectivity index (χ1v) is 5.52. The predicted octanol–water partition coefficient (Wildman–Crippen LogP) is 2.19. The van der Waals surface area contributed by atoms with Gasteiger partial charge in [-0.15, -0.1) is 0 Å². The molecule has 1 aromatic heterocycles. The average Bonchev–Trinajstić information content (AvgIpc) is 2.84. The number of methoxy groups -OCH3 is 1. The fourth-order valence-electron chi connectivity index (χ4n) is 1.48. The molecule has 0 saturated heterocycles. The minimum absolute atomic E-state index is 0.502. The molecule has 18 heavy (non-hydrogen) atoms. The van der Waals surface area contributed by atoms with Gasteiger partial charge in [-0.25, -0.2) is 0 Å². The molecule has 0 atom stereocenters. The van der Waals surface area contributed by atoms with Crippen molar-refractivity contribution in [1.82, 2.24) is 9.78 Å². The van der Waals surface area contributed by atoms with Crippen molar-refractivity contribution in [3.05, 3.63) is 42.2 Å². The van der Waals surface area contributed by atoms with Crippen LogP contribution < -0.4 is 4.74 Å². The number of hydrogen-bond donors (Lipinski definition) is 0. The van der Waals surface area contributed by atoms with E-state index in [4.69, 9.17) is 14.7 Å². The third kappa shape index (κ3) is 2.87. The molecule has 0 radical (unpaired) electrons. The minimum Gasteiger partial charge on any atom is -0.453 e. The fourth-order valence-corrected chi connectivity index (χ4v) is 1.48. The Kier molecular flexibility index (Phi) is 3.94. The van der Waals surface area contributed by atoms with Crippen LogP contribution in [-0.4, -0.2) is 23.5 Å². The van der Waals surface area contributed by atoms with Crippen molar-refractivity contribution in [3.63, 3.8) is 0 Å². The van der Waals surface area contributed by atoms with E-state index in [0.717, 1.165) is 0 Å². The molecule has 0 amide bonds. The van der Waals surface area contributed by atoms with Crippen LogP contribution in [0.5, 0.6) is 11.5 Å². The van der Waals surface area contributed by atoms with Crippen LogP contribution in [0.1, 0.15) is 5.56 Å². The van der Waals surface area contributed by atoms with Gasteiger partial charge in [-0.05, 0) is 12.1 Å². The van der Waals surface area contributed by atoms with E-state index in [-0.39, 0.29) is 0 Å². The second-order valence-corrected chi connectivity index (χ2v) is 3.64. The Morgan fingerprint density at radius 1 is 1.39 bits per heavy atom. The van der Waals surface area contributed by atoms with Gasteiger partial charge in [-0.1, -0.05) is 12.1 Å². The molecule has 0 unspecified atom stereocenters. The molecule has 2 rings (SSSR count). The van der Waals surface area contributed by atoms with Crippen molar-refractivity contribution in [1.29, 1.82) is 5.26 Å². The Bertz CT molecular complexity index is 557. The number of benzene rings is 1. The number of para-hydroxylation sites is 1. The molecule has 92 valence electrons. The SMILES string of the molecule is COCCn1cc(Oc2ccccc2C#N)cn1. The van der Waals surface area contributed by atoms with E-state index in [2.05, 4.69) is 11.2 Å². The molecule has 1 heterocycles. The summed E-state index contributed by atoms with van der Waals surface area (Å²) in [7, 11) is 1.64. The zero-order valence-electron chi connectivity index (χ0n) is 10.0. The maximum atomic E-state index is 8.95. The molecule has 0 saturated carbocycles. The van der Waals surface area contributed by atoms with Crippen LogP contribution in [0, 0.1) is 11.3 Å². The molecule has 0 spiro atoms. The summed E-state index contributed by atoms with van der Waals surface area (Å²) < 4.78 is 12.3. The van der Waals surface area contributed by atoms with Gasteiger partial charge in [-0.3, -0.25) is 4.68 Å². The predicted molar refractivity (Wildman–Crippen MR) is 65.3 cm³/mol. The van der Waals surface area contributed by atoms with E-state index >= 15 is 0 Å². The minimum atomic E-state index is 0.502. The van der Waals surface area contributed by atoms with E-state index in [1.165, 1.54) is 0 Å². The first-order valence-electron chi connectivity index (χ1n) is 5.52. The number of aromatic nitrogens is 2. The number of hydrogen-bond acceptors (Lipinski definition) is 4. The van der Waals surface area contributed by atoms with Gasteiger partial charge >= 0.3 is 0 Å². The van der Waals surface area contributed by atoms with E-state index in [9.17, 15) is 0 Å². The van der Waals surface area contributed by atoms with Crippen LogP contribution in [-0.2, 0) is 11.3 Å². The molecule has 2 aromatic rings. The molecule has 0 N–H and O–H groups in total. The maximum Gasteiger partial charge on any atom is 0.165 e. The van der Waals surface area contributed by atoms with Gasteiger partial charge in [0.2, 0.25) is 0 Å². The molecular weight excluding hydrogens is 230 g/mol. The number of nitrogens with zero attached hydrogens (tertiary/aromatic N) is 3. The normalized spacial score (nSPS) is 10.0. The highest BCUT2D eigenvalue weighted by Crippen LogP contribution is 2.23. The first-order chi connectivity index (χ1) is 8.83. The summed E-state index contributed by atoms with van der Waals surface area (Å²) in [6.07, 6.45) is 3.39. The Hall–Kier alpha value is -2.32. The Balaban J connectivity index is 2.09. The third-order valence-electron chi connectivity index (χ3n) is 2.37. The van der Waals surface area contributed by atoms with E-state index < -0.39 is 0 Å². The number of ether oxygens (including phenoxy) is 2. The van der Waals surface area contributed by atoms with Gasteiger partial charge in [0, 0.05) is 7.11 Å². The Morgan fingerprint density at radius 3 is 3.00 bits per heavy atom. The molecule has 0 aliphatic carbocycles. The summed E-state index contributed by atoms with van der Waals surface area (Å²) >= 11 is 0. The van der Waals surface area contributed by atoms with Crippen LogP contribution in [0.3, 0.4) is 0 Å². The second-order valence-electron chi connectivity index (χ2n) is 3.64. The highest BCUT2D eigenvalue weighted by Gasteiger charge is 2.05. The largest absolute Gasteiger partial charge is 0.453 e. The van der Waals surface area contributed by atoms with Crippen LogP contribution >= 0.6 is 0 Å². The summed E-state index contributed by atoms with van der Waals surface area (Å²) in [5.41, 5.74) is 0.502. The average molecular weight is 243 g/mol. The van der Waals surface area contributed by atoms with Gasteiger partial charge in [-0.2, -0.15) is 10.4 Å². The summed E-state index contributed by atoms with van der Waals surface area (Å²) in [6.45, 7) is 1.26. The number of rotatable bonds is 5. The monoisotopic (exact) mass is 243 g/mol. The summed E-state index contributed by atoms with van der Waals surface area (Å²) in [6, 6.07) is 9.18. The lowest BCUT2D eigenvalue weighted by atomic mass is 10.2. The van der Waals surface area contributed by atoms with Crippen molar-refractivity contribution in [2.75, 3.05) is 13.7 Å². The molecule has 0 fully saturated rings. The number of nitriles is 1. The summed E-state index contributed by atoms with van der Waals surface area (Å²) in [5, 5.41) is 13.1. The van der Waals surface area contributed by atoms with Crippen LogP contribution in [0.4, 0.5) is 0 Å². The highest BCUT2D eigenvalue weighted by atomic mass is 16.5. The zero-order valence-corrected chi connectivity index (χ0v) is 10.0. The molecule has 5 nitrogen and oxygen atoms in total. The maximum absolute atomic E-state index is 8.95. The van der Waals surface area contributed by atoms with Gasteiger partial charge in [0.15, 0.2) is 5.75 Å². The van der Waals surface area contributed by atoms with E-state index in [1.54, 1.807) is 42.4 Å². The van der Waals surface area contributed by atoms with Crippen molar-refractivity contribution < 1.29 is 9.47 Å². The fraction of sp³-hybridized carbons (Fsp3) is 0.231. The Morgan fingerprint density at radius 2 is 2.22 bits per heavy atom. The van der Waals surface area contributed by atoms with Gasteiger partial charge < -0.3 is 9.47 Å². The van der Waals surface area contributed by atoms with Crippen molar-refractivity contribution >= 4 is 0 Å². The zero-order chi connectivity index (χ0) is 12.8. The molecule has 5 heteroatoms. The van der Waals surface area contributed by atoms with Gasteiger partial charge in [0.1, 0.15) is 11.8 Å². The molecule has 0 aliphatic rings. The second kappa shape index (κ2) is 5.84. The Labute approximate surface area is 105 Å². The van der Waals surface area contributed by atoms with Crippen LogP contribution in [0.2, 0.25) is 0 Å². The van der Waals surface area contributed by atoms with Gasteiger partial charge in [0.05, 0.1) is 31.1 Å². The lowest BCUT2D eigenvalue weighted by Gasteiger charge is -2.03. The van der Waals surface area contributed by atoms with Crippen molar-refractivity contribution in [2.45, 2.75) is 6.54 Å². The topological polar surface area (TPSA) is 60.1 Å².